The Morgan fingerprint density at radius 1 is 0.710 bits per heavy atom. The first-order valence-electron chi connectivity index (χ1n) is 8.34. The van der Waals surface area contributed by atoms with E-state index in [2.05, 4.69) is 4.99 Å². The lowest BCUT2D eigenvalue weighted by Gasteiger charge is -2.18. The minimum absolute atomic E-state index is 0.101. The van der Waals surface area contributed by atoms with Crippen LogP contribution in [0.15, 0.2) is 65.7 Å². The molecule has 0 aromatic heterocycles. The van der Waals surface area contributed by atoms with E-state index < -0.39 is 43.1 Å². The minimum atomic E-state index is -4.63. The fourth-order valence-electron chi connectivity index (χ4n) is 2.83. The number of sulfone groups is 1. The maximum Gasteiger partial charge on any atom is 0.416 e. The van der Waals surface area contributed by atoms with E-state index >= 15 is 0 Å². The van der Waals surface area contributed by atoms with Gasteiger partial charge in [-0.1, -0.05) is 24.3 Å². The monoisotopic (exact) mass is 456 g/mol. The van der Waals surface area contributed by atoms with Gasteiger partial charge in [-0.2, -0.15) is 36.6 Å². The summed E-state index contributed by atoms with van der Waals surface area (Å²) in [5, 5.41) is 8.82. The van der Waals surface area contributed by atoms with Gasteiger partial charge in [0.05, 0.1) is 26.6 Å². The molecule has 4 nitrogen and oxygen atoms in total. The molecule has 1 aliphatic heterocycles. The quantitative estimate of drug-likeness (QED) is 0.445. The van der Waals surface area contributed by atoms with Gasteiger partial charge in [0.2, 0.25) is 16.0 Å². The van der Waals surface area contributed by atoms with Crippen LogP contribution in [0.3, 0.4) is 0 Å². The van der Waals surface area contributed by atoms with Crippen molar-refractivity contribution in [3.8, 4) is 6.19 Å². The number of nitrogens with zero attached hydrogens (tertiary/aromatic N) is 2. The second-order valence-electron chi connectivity index (χ2n) is 6.31. The Hall–Kier alpha value is -3.39. The van der Waals surface area contributed by atoms with Crippen LogP contribution in [0.4, 0.5) is 26.3 Å². The molecule has 0 unspecified atom stereocenters. The number of rotatable bonds is 2. The first-order chi connectivity index (χ1) is 14.3. The van der Waals surface area contributed by atoms with Crippen molar-refractivity contribution in [1.82, 2.24) is 0 Å². The van der Waals surface area contributed by atoms with Crippen molar-refractivity contribution >= 4 is 25.4 Å². The van der Waals surface area contributed by atoms with Crippen molar-refractivity contribution in [2.75, 3.05) is 0 Å². The molecule has 0 saturated carbocycles. The summed E-state index contributed by atoms with van der Waals surface area (Å²) in [6, 6.07) is 6.59. The summed E-state index contributed by atoms with van der Waals surface area (Å²) < 4.78 is 103. The Morgan fingerprint density at radius 3 is 1.35 bits per heavy atom. The number of aliphatic imine (C=N–C) groups is 1. The SMILES string of the molecule is N#CN=C1C=C(c2ccc(C(F)(F)F)cc2)S(=O)(=O)C(c2ccc(C(F)(F)F)cc2)=C1. The van der Waals surface area contributed by atoms with Crippen LogP contribution in [-0.2, 0) is 22.2 Å². The van der Waals surface area contributed by atoms with E-state index in [0.717, 1.165) is 36.4 Å². The first-order valence-corrected chi connectivity index (χ1v) is 9.83. The van der Waals surface area contributed by atoms with Crippen LogP contribution < -0.4 is 0 Å². The minimum Gasteiger partial charge on any atom is -0.218 e. The lowest BCUT2D eigenvalue weighted by atomic mass is 10.1. The summed E-state index contributed by atoms with van der Waals surface area (Å²) in [5.41, 5.74) is -2.31. The predicted octanol–water partition coefficient (Wildman–Crippen LogP) is 5.46. The molecule has 0 atom stereocenters. The highest BCUT2D eigenvalue weighted by Crippen LogP contribution is 2.38. The summed E-state index contributed by atoms with van der Waals surface area (Å²) >= 11 is 0. The van der Waals surface area contributed by atoms with E-state index in [1.54, 1.807) is 0 Å². The summed E-state index contributed by atoms with van der Waals surface area (Å²) in [7, 11) is -4.35. The van der Waals surface area contributed by atoms with Gasteiger partial charge in [-0.3, -0.25) is 0 Å². The second kappa shape index (κ2) is 7.70. The summed E-state index contributed by atoms with van der Waals surface area (Å²) in [6.07, 6.45) is -5.77. The smallest absolute Gasteiger partial charge is 0.218 e. The van der Waals surface area contributed by atoms with Crippen molar-refractivity contribution in [2.24, 2.45) is 4.99 Å². The van der Waals surface area contributed by atoms with Gasteiger partial charge >= 0.3 is 12.4 Å². The lowest BCUT2D eigenvalue weighted by molar-refractivity contribution is -0.138. The van der Waals surface area contributed by atoms with Gasteiger partial charge in [-0.05, 0) is 47.5 Å². The third-order valence-electron chi connectivity index (χ3n) is 4.31. The molecule has 0 amide bonds. The van der Waals surface area contributed by atoms with E-state index in [9.17, 15) is 34.8 Å². The van der Waals surface area contributed by atoms with Crippen LogP contribution in [0.1, 0.15) is 22.3 Å². The number of allylic oxidation sites excluding steroid dienone is 2. The Morgan fingerprint density at radius 2 is 1.06 bits per heavy atom. The van der Waals surface area contributed by atoms with Gasteiger partial charge in [-0.15, -0.1) is 0 Å². The third kappa shape index (κ3) is 4.54. The van der Waals surface area contributed by atoms with E-state index in [4.69, 9.17) is 5.26 Å². The number of benzene rings is 2. The van der Waals surface area contributed by atoms with Gasteiger partial charge in [0, 0.05) is 0 Å². The molecule has 11 heteroatoms. The Balaban J connectivity index is 2.11. The normalized spacial score (nSPS) is 16.2. The average Bonchev–Trinajstić information content (AvgIpc) is 2.68. The molecule has 0 N–H and O–H groups in total. The zero-order valence-electron chi connectivity index (χ0n) is 15.2. The van der Waals surface area contributed by atoms with Gasteiger partial charge < -0.3 is 0 Å². The molecule has 2 aromatic carbocycles. The molecular weight excluding hydrogens is 446 g/mol. The lowest BCUT2D eigenvalue weighted by Crippen LogP contribution is -2.14. The highest BCUT2D eigenvalue weighted by atomic mass is 32.2. The number of alkyl halides is 6. The number of hydrogen-bond acceptors (Lipinski definition) is 4. The van der Waals surface area contributed by atoms with Crippen LogP contribution in [0.2, 0.25) is 0 Å². The molecule has 0 aliphatic carbocycles. The Bertz CT molecular complexity index is 1160. The van der Waals surface area contributed by atoms with E-state index in [-0.39, 0.29) is 16.8 Å². The van der Waals surface area contributed by atoms with Crippen LogP contribution in [0, 0.1) is 11.5 Å². The largest absolute Gasteiger partial charge is 0.416 e. The molecule has 3 rings (SSSR count). The zero-order valence-corrected chi connectivity index (χ0v) is 16.0. The molecule has 0 bridgehead atoms. The Kier molecular flexibility index (Phi) is 5.54. The summed E-state index contributed by atoms with van der Waals surface area (Å²) in [5.74, 6) is 0. The van der Waals surface area contributed by atoms with Gasteiger partial charge in [-0.25, -0.2) is 8.42 Å². The molecule has 0 fully saturated rings. The van der Waals surface area contributed by atoms with Crippen LogP contribution in [-0.4, -0.2) is 14.1 Å². The van der Waals surface area contributed by atoms with Gasteiger partial charge in [0.15, 0.2) is 0 Å². The fourth-order valence-corrected chi connectivity index (χ4v) is 4.51. The number of nitriles is 1. The molecule has 1 aliphatic rings. The topological polar surface area (TPSA) is 70.3 Å². The fraction of sp³-hybridized carbons (Fsp3) is 0.100. The van der Waals surface area contributed by atoms with E-state index in [0.29, 0.717) is 24.3 Å². The highest BCUT2D eigenvalue weighted by molar-refractivity contribution is 8.09. The molecule has 160 valence electrons. The standard InChI is InChI=1S/C20H10F6N2O2S/c21-19(22,23)14-5-1-12(2-6-14)17-9-16(28-11-27)10-18(31(17,29)30)13-3-7-15(8-4-13)20(24,25)26/h1-10H. The van der Waals surface area contributed by atoms with Crippen molar-refractivity contribution < 1.29 is 34.8 Å². The average molecular weight is 456 g/mol. The van der Waals surface area contributed by atoms with E-state index in [1.165, 1.54) is 6.19 Å². The zero-order chi connectivity index (χ0) is 23.0. The van der Waals surface area contributed by atoms with E-state index in [1.807, 2.05) is 0 Å². The summed E-state index contributed by atoms with van der Waals surface area (Å²) in [6.45, 7) is 0. The number of hydrogen-bond donors (Lipinski definition) is 0. The predicted molar refractivity (Wildman–Crippen MR) is 101 cm³/mol. The van der Waals surface area contributed by atoms with Crippen LogP contribution in [0.5, 0.6) is 0 Å². The second-order valence-corrected chi connectivity index (χ2v) is 8.19. The summed E-state index contributed by atoms with van der Waals surface area (Å²) in [4.78, 5) is 2.58. The van der Waals surface area contributed by atoms with Crippen molar-refractivity contribution in [3.63, 3.8) is 0 Å². The molecule has 0 radical (unpaired) electrons. The Labute approximate surface area is 172 Å². The maximum atomic E-state index is 13.1. The van der Waals surface area contributed by atoms with Crippen LogP contribution in [0.25, 0.3) is 9.81 Å². The van der Waals surface area contributed by atoms with Crippen molar-refractivity contribution in [2.45, 2.75) is 12.4 Å². The molecule has 1 heterocycles. The molecule has 2 aromatic rings. The molecule has 0 spiro atoms. The molecule has 31 heavy (non-hydrogen) atoms. The van der Waals surface area contributed by atoms with Crippen molar-refractivity contribution in [1.29, 1.82) is 5.26 Å². The first kappa shape index (κ1) is 22.3. The maximum absolute atomic E-state index is 13.1. The van der Waals surface area contributed by atoms with Gasteiger partial charge in [0.1, 0.15) is 0 Å². The third-order valence-corrected chi connectivity index (χ3v) is 6.17. The highest BCUT2D eigenvalue weighted by Gasteiger charge is 2.34. The molecule has 0 saturated heterocycles. The van der Waals surface area contributed by atoms with Crippen molar-refractivity contribution in [3.05, 3.63) is 82.9 Å². The van der Waals surface area contributed by atoms with Crippen LogP contribution >= 0.6 is 0 Å². The van der Waals surface area contributed by atoms with Gasteiger partial charge in [0.25, 0.3) is 0 Å². The number of halogens is 6. The molecular formula is C20H10F6N2O2S.